The summed E-state index contributed by atoms with van der Waals surface area (Å²) in [5.74, 6) is 0.631. The van der Waals surface area contributed by atoms with Crippen LogP contribution in [0, 0.1) is 13.8 Å². The Hall–Kier alpha value is -2.49. The van der Waals surface area contributed by atoms with E-state index in [4.69, 9.17) is 0 Å². The van der Waals surface area contributed by atoms with Crippen molar-refractivity contribution in [3.05, 3.63) is 53.6 Å². The summed E-state index contributed by atoms with van der Waals surface area (Å²) >= 11 is 0. The number of fused-ring (bicyclic) bond motifs is 1. The maximum atomic E-state index is 11.3. The Morgan fingerprint density at radius 2 is 2.00 bits per heavy atom. The maximum absolute atomic E-state index is 11.3. The van der Waals surface area contributed by atoms with Gasteiger partial charge in [0.2, 0.25) is 0 Å². The largest absolute Gasteiger partial charge is 0.298 e. The van der Waals surface area contributed by atoms with Crippen molar-refractivity contribution in [2.75, 3.05) is 0 Å². The Morgan fingerprint density at radius 3 is 2.68 bits per heavy atom. The van der Waals surface area contributed by atoms with Crippen LogP contribution in [0.25, 0.3) is 16.7 Å². The average molecular weight is 251 g/mol. The first-order valence-electron chi connectivity index (χ1n) is 6.06. The molecule has 19 heavy (non-hydrogen) atoms. The SMILES string of the molecule is Cc1ncn(-c2nc3ccccc3cc2C=O)c1C. The Bertz CT molecular complexity index is 774. The van der Waals surface area contributed by atoms with Gasteiger partial charge in [-0.2, -0.15) is 0 Å². The summed E-state index contributed by atoms with van der Waals surface area (Å²) < 4.78 is 1.85. The minimum absolute atomic E-state index is 0.569. The van der Waals surface area contributed by atoms with E-state index < -0.39 is 0 Å². The third-order valence-electron chi connectivity index (χ3n) is 3.34. The number of aldehydes is 1. The summed E-state index contributed by atoms with van der Waals surface area (Å²) in [4.78, 5) is 20.1. The molecule has 0 aliphatic carbocycles. The van der Waals surface area contributed by atoms with Crippen molar-refractivity contribution in [3.8, 4) is 5.82 Å². The Labute approximate surface area is 110 Å². The monoisotopic (exact) mass is 251 g/mol. The van der Waals surface area contributed by atoms with E-state index in [1.54, 1.807) is 6.33 Å². The first-order valence-corrected chi connectivity index (χ1v) is 6.06. The molecule has 0 atom stereocenters. The van der Waals surface area contributed by atoms with Gasteiger partial charge in [0.25, 0.3) is 0 Å². The van der Waals surface area contributed by atoms with E-state index in [-0.39, 0.29) is 0 Å². The highest BCUT2D eigenvalue weighted by Crippen LogP contribution is 2.20. The summed E-state index contributed by atoms with van der Waals surface area (Å²) in [6.07, 6.45) is 2.54. The number of benzene rings is 1. The van der Waals surface area contributed by atoms with E-state index in [9.17, 15) is 4.79 Å². The highest BCUT2D eigenvalue weighted by Gasteiger charge is 2.11. The predicted octanol–water partition coefficient (Wildman–Crippen LogP) is 2.85. The summed E-state index contributed by atoms with van der Waals surface area (Å²) in [6.45, 7) is 3.90. The molecular formula is C15H13N3O. The molecule has 2 aromatic heterocycles. The van der Waals surface area contributed by atoms with Crippen molar-refractivity contribution in [2.45, 2.75) is 13.8 Å². The molecule has 0 radical (unpaired) electrons. The lowest BCUT2D eigenvalue weighted by Crippen LogP contribution is -2.03. The van der Waals surface area contributed by atoms with Gasteiger partial charge in [-0.3, -0.25) is 9.36 Å². The molecule has 4 heteroatoms. The van der Waals surface area contributed by atoms with E-state index in [2.05, 4.69) is 9.97 Å². The van der Waals surface area contributed by atoms with E-state index in [0.29, 0.717) is 11.4 Å². The fraction of sp³-hybridized carbons (Fsp3) is 0.133. The third kappa shape index (κ3) is 1.81. The normalized spacial score (nSPS) is 10.8. The zero-order valence-electron chi connectivity index (χ0n) is 10.8. The molecular weight excluding hydrogens is 238 g/mol. The fourth-order valence-corrected chi connectivity index (χ4v) is 2.11. The predicted molar refractivity (Wildman–Crippen MR) is 73.7 cm³/mol. The Kier molecular flexibility index (Phi) is 2.63. The molecule has 2 heterocycles. The van der Waals surface area contributed by atoms with Crippen molar-refractivity contribution in [3.63, 3.8) is 0 Å². The zero-order chi connectivity index (χ0) is 13.4. The van der Waals surface area contributed by atoms with Crippen LogP contribution in [-0.4, -0.2) is 20.8 Å². The first-order chi connectivity index (χ1) is 9.20. The highest BCUT2D eigenvalue weighted by atomic mass is 16.1. The number of nitrogens with zero attached hydrogens (tertiary/aromatic N) is 3. The van der Waals surface area contributed by atoms with E-state index in [1.165, 1.54) is 0 Å². The van der Waals surface area contributed by atoms with Gasteiger partial charge in [0.05, 0.1) is 16.8 Å². The topological polar surface area (TPSA) is 47.8 Å². The molecule has 3 aromatic rings. The van der Waals surface area contributed by atoms with Crippen LogP contribution in [0.5, 0.6) is 0 Å². The standard InChI is InChI=1S/C15H13N3O/c1-10-11(2)18(9-16-10)15-13(8-19)7-12-5-3-4-6-14(12)17-15/h3-9H,1-2H3. The second-order valence-corrected chi connectivity index (χ2v) is 4.50. The number of aryl methyl sites for hydroxylation is 1. The molecule has 94 valence electrons. The van der Waals surface area contributed by atoms with Crippen molar-refractivity contribution in [2.24, 2.45) is 0 Å². The molecule has 0 spiro atoms. The molecule has 0 saturated carbocycles. The highest BCUT2D eigenvalue weighted by molar-refractivity contribution is 5.89. The second kappa shape index (κ2) is 4.31. The van der Waals surface area contributed by atoms with E-state index in [0.717, 1.165) is 28.6 Å². The van der Waals surface area contributed by atoms with Crippen LogP contribution in [0.1, 0.15) is 21.7 Å². The number of rotatable bonds is 2. The number of pyridine rings is 1. The summed E-state index contributed by atoms with van der Waals surface area (Å²) in [5.41, 5.74) is 3.37. The second-order valence-electron chi connectivity index (χ2n) is 4.50. The van der Waals surface area contributed by atoms with E-state index >= 15 is 0 Å². The Balaban J connectivity index is 2.33. The van der Waals surface area contributed by atoms with E-state index in [1.807, 2.05) is 48.7 Å². The van der Waals surface area contributed by atoms with Gasteiger partial charge in [-0.05, 0) is 26.0 Å². The zero-order valence-corrected chi connectivity index (χ0v) is 10.8. The smallest absolute Gasteiger partial charge is 0.153 e. The van der Waals surface area contributed by atoms with Gasteiger partial charge < -0.3 is 0 Å². The fourth-order valence-electron chi connectivity index (χ4n) is 2.11. The van der Waals surface area contributed by atoms with Gasteiger partial charge in [0.1, 0.15) is 12.1 Å². The molecule has 3 rings (SSSR count). The summed E-state index contributed by atoms with van der Waals surface area (Å²) in [7, 11) is 0. The van der Waals surface area contributed by atoms with Crippen LogP contribution >= 0.6 is 0 Å². The van der Waals surface area contributed by atoms with Crippen LogP contribution in [0.2, 0.25) is 0 Å². The lowest BCUT2D eigenvalue weighted by Gasteiger charge is -2.09. The number of carbonyl (C=O) groups is 1. The summed E-state index contributed by atoms with van der Waals surface area (Å²) in [5, 5.41) is 0.961. The number of hydrogen-bond acceptors (Lipinski definition) is 3. The minimum atomic E-state index is 0.569. The van der Waals surface area contributed by atoms with Crippen molar-refractivity contribution in [1.29, 1.82) is 0 Å². The van der Waals surface area contributed by atoms with Gasteiger partial charge in [-0.15, -0.1) is 0 Å². The van der Waals surface area contributed by atoms with Gasteiger partial charge >= 0.3 is 0 Å². The number of carbonyl (C=O) groups excluding carboxylic acids is 1. The number of aromatic nitrogens is 3. The van der Waals surface area contributed by atoms with Crippen LogP contribution in [0.4, 0.5) is 0 Å². The molecule has 0 unspecified atom stereocenters. The minimum Gasteiger partial charge on any atom is -0.298 e. The van der Waals surface area contributed by atoms with Crippen LogP contribution < -0.4 is 0 Å². The lowest BCUT2D eigenvalue weighted by molar-refractivity contribution is 0.112. The van der Waals surface area contributed by atoms with Crippen molar-refractivity contribution in [1.82, 2.24) is 14.5 Å². The Morgan fingerprint density at radius 1 is 1.21 bits per heavy atom. The molecule has 0 amide bonds. The van der Waals surface area contributed by atoms with Crippen LogP contribution in [0.15, 0.2) is 36.7 Å². The first kappa shape index (κ1) is 11.6. The maximum Gasteiger partial charge on any atom is 0.153 e. The van der Waals surface area contributed by atoms with Crippen molar-refractivity contribution >= 4 is 17.2 Å². The number of hydrogen-bond donors (Lipinski definition) is 0. The molecule has 0 fully saturated rings. The van der Waals surface area contributed by atoms with Gasteiger partial charge in [0, 0.05) is 11.1 Å². The van der Waals surface area contributed by atoms with Gasteiger partial charge in [-0.25, -0.2) is 9.97 Å². The molecule has 0 aliphatic heterocycles. The number of imidazole rings is 1. The van der Waals surface area contributed by atoms with Crippen LogP contribution in [0.3, 0.4) is 0 Å². The summed E-state index contributed by atoms with van der Waals surface area (Å²) in [6, 6.07) is 9.62. The molecule has 4 nitrogen and oxygen atoms in total. The van der Waals surface area contributed by atoms with Gasteiger partial charge in [0.15, 0.2) is 6.29 Å². The van der Waals surface area contributed by atoms with Crippen LogP contribution in [-0.2, 0) is 0 Å². The lowest BCUT2D eigenvalue weighted by atomic mass is 10.1. The average Bonchev–Trinajstić information content (AvgIpc) is 2.77. The molecule has 0 aliphatic rings. The molecule has 0 bridgehead atoms. The number of para-hydroxylation sites is 1. The molecule has 1 aromatic carbocycles. The van der Waals surface area contributed by atoms with Crippen molar-refractivity contribution < 1.29 is 4.79 Å². The molecule has 0 N–H and O–H groups in total. The van der Waals surface area contributed by atoms with Gasteiger partial charge in [-0.1, -0.05) is 18.2 Å². The quantitative estimate of drug-likeness (QED) is 0.658. The third-order valence-corrected chi connectivity index (χ3v) is 3.34. The molecule has 0 saturated heterocycles.